The molecule has 0 aromatic heterocycles. The Bertz CT molecular complexity index is 572. The number of rotatable bonds is 29. The van der Waals surface area contributed by atoms with Gasteiger partial charge in [-0.2, -0.15) is 0 Å². The molecular formula is C35H75NO3S. The molecule has 0 radical (unpaired) electrons. The van der Waals surface area contributed by atoms with E-state index in [2.05, 4.69) is 41.5 Å². The molecule has 0 rings (SSSR count). The Morgan fingerprint density at radius 3 is 0.825 bits per heavy atom. The van der Waals surface area contributed by atoms with E-state index in [9.17, 15) is 13.0 Å². The summed E-state index contributed by atoms with van der Waals surface area (Å²) in [5, 5.41) is -0.648. The Balaban J connectivity index is 0. The quantitative estimate of drug-likeness (QED) is 0.0495. The summed E-state index contributed by atoms with van der Waals surface area (Å²) in [6.45, 7) is 18.7. The van der Waals surface area contributed by atoms with Gasteiger partial charge in [0.25, 0.3) is 0 Å². The summed E-state index contributed by atoms with van der Waals surface area (Å²) in [7, 11) is -4.14. The van der Waals surface area contributed by atoms with Crippen molar-refractivity contribution in [1.82, 2.24) is 0 Å². The standard InChI is InChI=1S/C27H56O3S.C8H20N/c1-3-5-7-9-11-13-14-15-16-18-20-22-24-26-27(31(28,29)30)25-23-21-19-17-12-10-8-6-4-2;1-5-9(6-2,7-3)8-4/h27H,3-26H2,1-2H3,(H,28,29,30);5-8H2,1-4H3/q;+1/p-1. The third kappa shape index (κ3) is 26.7. The van der Waals surface area contributed by atoms with Crippen molar-refractivity contribution in [2.75, 3.05) is 26.2 Å². The molecule has 1 atom stereocenters. The second-order valence-corrected chi connectivity index (χ2v) is 14.0. The first kappa shape index (κ1) is 42.0. The fourth-order valence-corrected chi connectivity index (χ4v) is 6.76. The molecule has 0 bridgehead atoms. The lowest BCUT2D eigenvalue weighted by Crippen LogP contribution is -2.47. The molecule has 0 aromatic rings. The first-order chi connectivity index (χ1) is 19.3. The smallest absolute Gasteiger partial charge is 0.0975 e. The van der Waals surface area contributed by atoms with Gasteiger partial charge in [0.1, 0.15) is 0 Å². The van der Waals surface area contributed by atoms with Crippen LogP contribution < -0.4 is 0 Å². The minimum absolute atomic E-state index is 0.569. The van der Waals surface area contributed by atoms with Gasteiger partial charge in [-0.25, -0.2) is 8.42 Å². The molecule has 0 amide bonds. The molecule has 1 unspecified atom stereocenters. The molecule has 244 valence electrons. The zero-order valence-electron chi connectivity index (χ0n) is 28.5. The number of nitrogens with zero attached hydrogens (tertiary/aromatic N) is 1. The highest BCUT2D eigenvalue weighted by atomic mass is 32.2. The van der Waals surface area contributed by atoms with Crippen LogP contribution in [-0.4, -0.2) is 48.9 Å². The minimum atomic E-state index is -4.14. The van der Waals surface area contributed by atoms with Gasteiger partial charge in [0.15, 0.2) is 0 Å². The number of quaternary nitrogens is 1. The Kier molecular flexibility index (Phi) is 31.9. The molecule has 0 aliphatic rings. The summed E-state index contributed by atoms with van der Waals surface area (Å²) in [5.41, 5.74) is 0. The Labute approximate surface area is 254 Å². The summed E-state index contributed by atoms with van der Waals surface area (Å²) in [4.78, 5) is 0. The predicted molar refractivity (Wildman–Crippen MR) is 178 cm³/mol. The molecule has 0 spiro atoms. The van der Waals surface area contributed by atoms with Crippen LogP contribution in [0.25, 0.3) is 0 Å². The maximum atomic E-state index is 11.6. The van der Waals surface area contributed by atoms with Gasteiger partial charge in [-0.3, -0.25) is 0 Å². The maximum absolute atomic E-state index is 11.6. The van der Waals surface area contributed by atoms with E-state index >= 15 is 0 Å². The average Bonchev–Trinajstić information content (AvgIpc) is 2.94. The molecule has 0 fully saturated rings. The average molecular weight is 590 g/mol. The topological polar surface area (TPSA) is 57.2 Å². The van der Waals surface area contributed by atoms with E-state index in [0.29, 0.717) is 12.8 Å². The monoisotopic (exact) mass is 590 g/mol. The van der Waals surface area contributed by atoms with E-state index in [1.807, 2.05) is 0 Å². The zero-order valence-corrected chi connectivity index (χ0v) is 29.3. The summed E-state index contributed by atoms with van der Waals surface area (Å²) in [6, 6.07) is 0. The summed E-state index contributed by atoms with van der Waals surface area (Å²) < 4.78 is 36.1. The molecule has 0 N–H and O–H groups in total. The Morgan fingerprint density at radius 2 is 0.650 bits per heavy atom. The largest absolute Gasteiger partial charge is 0.748 e. The normalized spacial score (nSPS) is 12.8. The van der Waals surface area contributed by atoms with Crippen molar-refractivity contribution in [2.45, 2.75) is 201 Å². The number of hydrogen-bond acceptors (Lipinski definition) is 3. The van der Waals surface area contributed by atoms with Crippen molar-refractivity contribution < 1.29 is 17.5 Å². The predicted octanol–water partition coefficient (Wildman–Crippen LogP) is 11.2. The lowest BCUT2D eigenvalue weighted by molar-refractivity contribution is -0.921. The molecule has 0 heterocycles. The van der Waals surface area contributed by atoms with Crippen molar-refractivity contribution >= 4 is 10.1 Å². The SMILES string of the molecule is CCCCCCCCCCCCCCCC(CCCCCCCCCCC)S(=O)(=O)[O-].CC[N+](CC)(CC)CC. The van der Waals surface area contributed by atoms with Crippen LogP contribution in [0, 0.1) is 0 Å². The molecule has 0 saturated heterocycles. The van der Waals surface area contributed by atoms with Crippen molar-refractivity contribution in [3.05, 3.63) is 0 Å². The third-order valence-electron chi connectivity index (χ3n) is 9.35. The van der Waals surface area contributed by atoms with Crippen molar-refractivity contribution in [3.63, 3.8) is 0 Å². The van der Waals surface area contributed by atoms with Gasteiger partial charge in [0.05, 0.1) is 36.3 Å². The second-order valence-electron chi connectivity index (χ2n) is 12.4. The Morgan fingerprint density at radius 1 is 0.425 bits per heavy atom. The van der Waals surface area contributed by atoms with Crippen LogP contribution in [0.3, 0.4) is 0 Å². The first-order valence-corrected chi connectivity index (χ1v) is 19.5. The lowest BCUT2D eigenvalue weighted by Gasteiger charge is -2.34. The fraction of sp³-hybridized carbons (Fsp3) is 1.00. The van der Waals surface area contributed by atoms with E-state index in [0.717, 1.165) is 25.7 Å². The van der Waals surface area contributed by atoms with Gasteiger partial charge in [0.2, 0.25) is 0 Å². The van der Waals surface area contributed by atoms with Crippen molar-refractivity contribution in [3.8, 4) is 0 Å². The van der Waals surface area contributed by atoms with Crippen LogP contribution in [0.4, 0.5) is 0 Å². The van der Waals surface area contributed by atoms with Crippen LogP contribution >= 0.6 is 0 Å². The fourth-order valence-electron chi connectivity index (χ4n) is 5.85. The van der Waals surface area contributed by atoms with Gasteiger partial charge in [-0.1, -0.05) is 155 Å². The van der Waals surface area contributed by atoms with Crippen LogP contribution in [0.2, 0.25) is 0 Å². The number of hydrogen-bond donors (Lipinski definition) is 0. The van der Waals surface area contributed by atoms with Crippen molar-refractivity contribution in [1.29, 1.82) is 0 Å². The molecule has 0 saturated carbocycles. The van der Waals surface area contributed by atoms with Crippen LogP contribution in [0.15, 0.2) is 0 Å². The lowest BCUT2D eigenvalue weighted by atomic mass is 10.0. The van der Waals surface area contributed by atoms with Gasteiger partial charge < -0.3 is 9.04 Å². The van der Waals surface area contributed by atoms with Crippen LogP contribution in [0.1, 0.15) is 196 Å². The van der Waals surface area contributed by atoms with Gasteiger partial charge in [-0.05, 0) is 40.5 Å². The molecule has 0 aromatic carbocycles. The van der Waals surface area contributed by atoms with E-state index < -0.39 is 15.4 Å². The molecular weight excluding hydrogens is 514 g/mol. The molecule has 40 heavy (non-hydrogen) atoms. The number of unbranched alkanes of at least 4 members (excludes halogenated alkanes) is 20. The van der Waals surface area contributed by atoms with Crippen LogP contribution in [0.5, 0.6) is 0 Å². The second kappa shape index (κ2) is 30.3. The third-order valence-corrected chi connectivity index (χ3v) is 10.6. The van der Waals surface area contributed by atoms with E-state index in [-0.39, 0.29) is 0 Å². The zero-order chi connectivity index (χ0) is 30.4. The van der Waals surface area contributed by atoms with Gasteiger partial charge in [0, 0.05) is 5.25 Å². The van der Waals surface area contributed by atoms with Gasteiger partial charge in [-0.15, -0.1) is 0 Å². The van der Waals surface area contributed by atoms with E-state index in [4.69, 9.17) is 0 Å². The summed E-state index contributed by atoms with van der Waals surface area (Å²) in [6.07, 6.45) is 28.8. The first-order valence-electron chi connectivity index (χ1n) is 18.1. The minimum Gasteiger partial charge on any atom is -0.748 e. The van der Waals surface area contributed by atoms with Crippen LogP contribution in [-0.2, 0) is 10.1 Å². The molecule has 0 aliphatic carbocycles. The summed E-state index contributed by atoms with van der Waals surface area (Å²) >= 11 is 0. The highest BCUT2D eigenvalue weighted by Crippen LogP contribution is 2.20. The molecule has 4 nitrogen and oxygen atoms in total. The molecule has 5 heteroatoms. The highest BCUT2D eigenvalue weighted by Gasteiger charge is 2.16. The maximum Gasteiger partial charge on any atom is 0.0975 e. The van der Waals surface area contributed by atoms with Gasteiger partial charge >= 0.3 is 0 Å². The van der Waals surface area contributed by atoms with E-state index in [1.165, 1.54) is 146 Å². The van der Waals surface area contributed by atoms with Crippen molar-refractivity contribution in [2.24, 2.45) is 0 Å². The highest BCUT2D eigenvalue weighted by molar-refractivity contribution is 7.86. The molecule has 0 aliphatic heterocycles. The Hall–Kier alpha value is -0.130. The summed E-state index contributed by atoms with van der Waals surface area (Å²) in [5.74, 6) is 0. The van der Waals surface area contributed by atoms with E-state index in [1.54, 1.807) is 0 Å².